The lowest BCUT2D eigenvalue weighted by Gasteiger charge is -2.40. The van der Waals surface area contributed by atoms with Crippen LogP contribution in [-0.4, -0.2) is 37.1 Å². The van der Waals surface area contributed by atoms with Gasteiger partial charge in [-0.15, -0.1) is 0 Å². The summed E-state index contributed by atoms with van der Waals surface area (Å²) in [5.41, 5.74) is 3.54. The van der Waals surface area contributed by atoms with E-state index >= 15 is 0 Å². The normalized spacial score (nSPS) is 23.6. The number of hydrogen-bond donors (Lipinski definition) is 1. The van der Waals surface area contributed by atoms with Crippen molar-refractivity contribution in [1.29, 1.82) is 0 Å². The molecule has 2 aliphatic carbocycles. The Morgan fingerprint density at radius 1 is 1.12 bits per heavy atom. The number of fused-ring (bicyclic) bond motifs is 3. The number of anilines is 1. The molecule has 4 nitrogen and oxygen atoms in total. The lowest BCUT2D eigenvalue weighted by atomic mass is 9.92. The standard InChI is InChI=1S/C26H29ClN2O2.HI/c1-29(2,24-12-18-3-6-19(24)11-18)15-17-4-8-23(9-5-17)28-26(30)21-13-20-14-22(27)7-10-25(20)31-16-21;/h4-5,7-10,13-14,18-19,24H,3,6,11-12,15-16H2,1-2H3;1H. The molecule has 0 saturated heterocycles. The van der Waals surface area contributed by atoms with Gasteiger partial charge in [-0.2, -0.15) is 0 Å². The van der Waals surface area contributed by atoms with Gasteiger partial charge in [-0.3, -0.25) is 4.79 Å². The fourth-order valence-corrected chi connectivity index (χ4v) is 6.02. The van der Waals surface area contributed by atoms with E-state index in [4.69, 9.17) is 16.3 Å². The molecule has 1 aliphatic heterocycles. The molecular weight excluding hydrogens is 535 g/mol. The van der Waals surface area contributed by atoms with Gasteiger partial charge in [0.15, 0.2) is 0 Å². The fraction of sp³-hybridized carbons (Fsp3) is 0.423. The van der Waals surface area contributed by atoms with E-state index in [0.29, 0.717) is 10.6 Å². The van der Waals surface area contributed by atoms with Crippen LogP contribution in [0.25, 0.3) is 6.08 Å². The van der Waals surface area contributed by atoms with Gasteiger partial charge in [0.1, 0.15) is 18.9 Å². The van der Waals surface area contributed by atoms with Crippen molar-refractivity contribution in [2.75, 3.05) is 26.0 Å². The Bertz CT molecular complexity index is 1030. The number of carbonyl (C=O) groups is 1. The van der Waals surface area contributed by atoms with Crippen LogP contribution in [0.2, 0.25) is 5.02 Å². The predicted octanol–water partition coefficient (Wildman–Crippen LogP) is 2.52. The maximum atomic E-state index is 12.7. The molecule has 32 heavy (non-hydrogen) atoms. The minimum absolute atomic E-state index is 0. The minimum Gasteiger partial charge on any atom is -1.00 e. The number of nitrogens with one attached hydrogen (secondary N) is 1. The first-order valence-corrected chi connectivity index (χ1v) is 11.6. The van der Waals surface area contributed by atoms with Crippen molar-refractivity contribution in [2.24, 2.45) is 11.8 Å². The third kappa shape index (κ3) is 4.85. The summed E-state index contributed by atoms with van der Waals surface area (Å²) in [6, 6.07) is 14.5. The molecule has 3 unspecified atom stereocenters. The first-order valence-electron chi connectivity index (χ1n) is 11.2. The van der Waals surface area contributed by atoms with Crippen LogP contribution in [0.5, 0.6) is 5.75 Å². The number of ether oxygens (including phenoxy) is 1. The second-order valence-corrected chi connectivity index (χ2v) is 10.4. The van der Waals surface area contributed by atoms with Gasteiger partial charge in [-0.1, -0.05) is 23.7 Å². The maximum absolute atomic E-state index is 12.7. The maximum Gasteiger partial charge on any atom is 0.255 e. The van der Waals surface area contributed by atoms with E-state index in [1.54, 1.807) is 6.07 Å². The van der Waals surface area contributed by atoms with Crippen molar-refractivity contribution in [2.45, 2.75) is 38.3 Å². The third-order valence-electron chi connectivity index (χ3n) is 7.38. The first-order chi connectivity index (χ1) is 14.9. The largest absolute Gasteiger partial charge is 1.00 e. The molecule has 1 amide bonds. The fourth-order valence-electron chi connectivity index (χ4n) is 5.84. The zero-order valence-corrected chi connectivity index (χ0v) is 21.5. The molecule has 3 atom stereocenters. The van der Waals surface area contributed by atoms with E-state index in [1.165, 1.54) is 31.2 Å². The van der Waals surface area contributed by atoms with Crippen molar-refractivity contribution in [3.63, 3.8) is 0 Å². The first kappa shape index (κ1) is 23.6. The van der Waals surface area contributed by atoms with Gasteiger partial charge >= 0.3 is 0 Å². The minimum atomic E-state index is -0.142. The number of quaternary nitrogens is 1. The molecule has 2 saturated carbocycles. The van der Waals surface area contributed by atoms with E-state index in [-0.39, 0.29) is 36.5 Å². The van der Waals surface area contributed by atoms with Crippen LogP contribution < -0.4 is 34.0 Å². The van der Waals surface area contributed by atoms with Crippen LogP contribution in [0, 0.1) is 11.8 Å². The van der Waals surface area contributed by atoms with E-state index in [0.717, 1.165) is 45.9 Å². The lowest BCUT2D eigenvalue weighted by Crippen LogP contribution is -3.00. The molecular formula is C26H30ClIN2O2. The second-order valence-electron chi connectivity index (χ2n) is 9.97. The molecule has 2 aromatic carbocycles. The Morgan fingerprint density at radius 2 is 1.91 bits per heavy atom. The van der Waals surface area contributed by atoms with Crippen LogP contribution in [0.15, 0.2) is 48.0 Å². The van der Waals surface area contributed by atoms with Gasteiger partial charge in [-0.25, -0.2) is 0 Å². The van der Waals surface area contributed by atoms with Crippen molar-refractivity contribution in [3.05, 3.63) is 64.2 Å². The average molecular weight is 565 g/mol. The summed E-state index contributed by atoms with van der Waals surface area (Å²) in [6.07, 6.45) is 7.53. The Balaban J connectivity index is 0.00000245. The Kier molecular flexibility index (Phi) is 6.89. The van der Waals surface area contributed by atoms with Gasteiger partial charge < -0.3 is 38.5 Å². The zero-order chi connectivity index (χ0) is 21.6. The topological polar surface area (TPSA) is 38.3 Å². The molecule has 1 heterocycles. The average Bonchev–Trinajstić information content (AvgIpc) is 3.38. The number of nitrogens with zero attached hydrogens (tertiary/aromatic N) is 1. The molecule has 2 fully saturated rings. The summed E-state index contributed by atoms with van der Waals surface area (Å²) in [7, 11) is 4.75. The Hall–Kier alpha value is -1.57. The monoisotopic (exact) mass is 564 g/mol. The van der Waals surface area contributed by atoms with Gasteiger partial charge in [-0.05, 0) is 61.6 Å². The van der Waals surface area contributed by atoms with Crippen LogP contribution in [0.1, 0.15) is 36.8 Å². The Labute approximate surface area is 212 Å². The van der Waals surface area contributed by atoms with E-state index in [1.807, 2.05) is 30.3 Å². The molecule has 2 aromatic rings. The van der Waals surface area contributed by atoms with Crippen molar-refractivity contribution in [1.82, 2.24) is 0 Å². The summed E-state index contributed by atoms with van der Waals surface area (Å²) in [5, 5.41) is 3.63. The quantitative estimate of drug-likeness (QED) is 0.448. The zero-order valence-electron chi connectivity index (χ0n) is 18.6. The number of hydrogen-bond acceptors (Lipinski definition) is 2. The van der Waals surface area contributed by atoms with Gasteiger partial charge in [0.05, 0.1) is 25.7 Å². The molecule has 3 aliphatic rings. The van der Waals surface area contributed by atoms with Crippen molar-refractivity contribution < 1.29 is 38.0 Å². The summed E-state index contributed by atoms with van der Waals surface area (Å²) in [6.45, 7) is 1.28. The smallest absolute Gasteiger partial charge is 0.255 e. The predicted molar refractivity (Wildman–Crippen MR) is 125 cm³/mol. The summed E-state index contributed by atoms with van der Waals surface area (Å²) < 4.78 is 6.76. The van der Waals surface area contributed by atoms with Crippen molar-refractivity contribution >= 4 is 29.3 Å². The van der Waals surface area contributed by atoms with Crippen molar-refractivity contribution in [3.8, 4) is 5.75 Å². The van der Waals surface area contributed by atoms with Gasteiger partial charge in [0.2, 0.25) is 0 Å². The van der Waals surface area contributed by atoms with E-state index in [2.05, 4.69) is 31.5 Å². The Morgan fingerprint density at radius 3 is 2.59 bits per heavy atom. The summed E-state index contributed by atoms with van der Waals surface area (Å²) in [4.78, 5) is 12.7. The lowest BCUT2D eigenvalue weighted by molar-refractivity contribution is -0.931. The number of halogens is 2. The summed E-state index contributed by atoms with van der Waals surface area (Å²) in [5.74, 6) is 2.48. The molecule has 0 aromatic heterocycles. The van der Waals surface area contributed by atoms with Crippen LogP contribution >= 0.6 is 11.6 Å². The number of amides is 1. The highest BCUT2D eigenvalue weighted by Crippen LogP contribution is 2.48. The van der Waals surface area contributed by atoms with Gasteiger partial charge in [0.25, 0.3) is 5.91 Å². The molecule has 1 N–H and O–H groups in total. The molecule has 0 radical (unpaired) electrons. The SMILES string of the molecule is C[N+](C)(Cc1ccc(NC(=O)C2=Cc3cc(Cl)ccc3OC2)cc1)C1CC2CCC1C2.[I-]. The van der Waals surface area contributed by atoms with E-state index < -0.39 is 0 Å². The van der Waals surface area contributed by atoms with Gasteiger partial charge in [0, 0.05) is 34.2 Å². The third-order valence-corrected chi connectivity index (χ3v) is 7.61. The molecule has 6 heteroatoms. The number of benzene rings is 2. The highest BCUT2D eigenvalue weighted by molar-refractivity contribution is 6.30. The number of carbonyl (C=O) groups excluding carboxylic acids is 1. The molecule has 170 valence electrons. The molecule has 0 spiro atoms. The second kappa shape index (κ2) is 9.35. The number of rotatable bonds is 5. The highest BCUT2D eigenvalue weighted by Gasteiger charge is 2.47. The van der Waals surface area contributed by atoms with Crippen LogP contribution in [0.3, 0.4) is 0 Å². The molecule has 2 bridgehead atoms. The van der Waals surface area contributed by atoms with E-state index in [9.17, 15) is 4.79 Å². The molecule has 5 rings (SSSR count). The summed E-state index contributed by atoms with van der Waals surface area (Å²) >= 11 is 6.07. The highest BCUT2D eigenvalue weighted by atomic mass is 127. The van der Waals surface area contributed by atoms with Crippen LogP contribution in [-0.2, 0) is 11.3 Å². The van der Waals surface area contributed by atoms with Crippen LogP contribution in [0.4, 0.5) is 5.69 Å².